The fourth-order valence-electron chi connectivity index (χ4n) is 2.09. The van der Waals surface area contributed by atoms with Gasteiger partial charge in [0.15, 0.2) is 0 Å². The van der Waals surface area contributed by atoms with Gasteiger partial charge >= 0.3 is 0 Å². The van der Waals surface area contributed by atoms with E-state index in [4.69, 9.17) is 4.74 Å². The second kappa shape index (κ2) is 5.67. The molecular formula is C13H17N3O. The molecule has 17 heavy (non-hydrogen) atoms. The monoisotopic (exact) mass is 231 g/mol. The highest BCUT2D eigenvalue weighted by atomic mass is 16.5. The smallest absolute Gasteiger partial charge is 0.123 e. The van der Waals surface area contributed by atoms with E-state index in [1.807, 2.05) is 24.3 Å². The van der Waals surface area contributed by atoms with E-state index in [9.17, 15) is 5.26 Å². The average Bonchev–Trinajstić information content (AvgIpc) is 2.42. The first-order chi connectivity index (χ1) is 8.35. The highest BCUT2D eigenvalue weighted by Crippen LogP contribution is 2.22. The van der Waals surface area contributed by atoms with Crippen molar-refractivity contribution < 1.29 is 4.74 Å². The Hall–Kier alpha value is -1.57. The van der Waals surface area contributed by atoms with Crippen LogP contribution in [0.2, 0.25) is 0 Å². The number of rotatable bonds is 3. The maximum atomic E-state index is 9.31. The van der Waals surface area contributed by atoms with Gasteiger partial charge in [0.1, 0.15) is 11.8 Å². The molecule has 2 rings (SSSR count). The summed E-state index contributed by atoms with van der Waals surface area (Å²) >= 11 is 0. The number of ether oxygens (including phenoxy) is 1. The molecule has 0 spiro atoms. The predicted molar refractivity (Wildman–Crippen MR) is 65.8 cm³/mol. The van der Waals surface area contributed by atoms with Gasteiger partial charge in [-0.15, -0.1) is 0 Å². The van der Waals surface area contributed by atoms with Gasteiger partial charge in [0.2, 0.25) is 0 Å². The molecule has 0 saturated carbocycles. The molecule has 0 amide bonds. The van der Waals surface area contributed by atoms with E-state index in [0.717, 1.165) is 37.5 Å². The molecule has 0 radical (unpaired) electrons. The van der Waals surface area contributed by atoms with Crippen molar-refractivity contribution >= 4 is 0 Å². The van der Waals surface area contributed by atoms with Crippen LogP contribution in [0.4, 0.5) is 0 Å². The van der Waals surface area contributed by atoms with Gasteiger partial charge in [-0.1, -0.05) is 12.1 Å². The predicted octanol–water partition coefficient (Wildman–Crippen LogP) is 1.17. The number of nitrogens with one attached hydrogen (secondary N) is 1. The third kappa shape index (κ3) is 2.76. The lowest BCUT2D eigenvalue weighted by atomic mass is 10.1. The van der Waals surface area contributed by atoms with Gasteiger partial charge in [-0.05, 0) is 17.7 Å². The molecule has 90 valence electrons. The summed E-state index contributed by atoms with van der Waals surface area (Å²) in [6, 6.07) is 9.98. The molecule has 4 nitrogen and oxygen atoms in total. The van der Waals surface area contributed by atoms with Gasteiger partial charge in [0, 0.05) is 26.2 Å². The molecule has 1 aromatic rings. The summed E-state index contributed by atoms with van der Waals surface area (Å²) < 4.78 is 5.12. The first kappa shape index (κ1) is 11.9. The Kier molecular flexibility index (Phi) is 3.97. The average molecular weight is 231 g/mol. The fraction of sp³-hybridized carbons (Fsp3) is 0.462. The fourth-order valence-corrected chi connectivity index (χ4v) is 2.09. The molecule has 1 saturated heterocycles. The topological polar surface area (TPSA) is 48.3 Å². The van der Waals surface area contributed by atoms with Gasteiger partial charge in [-0.3, -0.25) is 4.90 Å². The van der Waals surface area contributed by atoms with Crippen LogP contribution in [0.1, 0.15) is 11.6 Å². The van der Waals surface area contributed by atoms with Crippen LogP contribution in [0.3, 0.4) is 0 Å². The first-order valence-corrected chi connectivity index (χ1v) is 5.83. The van der Waals surface area contributed by atoms with Gasteiger partial charge in [0.25, 0.3) is 0 Å². The molecule has 1 fully saturated rings. The highest BCUT2D eigenvalue weighted by Gasteiger charge is 2.21. The van der Waals surface area contributed by atoms with E-state index in [1.54, 1.807) is 7.11 Å². The van der Waals surface area contributed by atoms with Crippen LogP contribution in [-0.4, -0.2) is 38.2 Å². The lowest BCUT2D eigenvalue weighted by Crippen LogP contribution is -2.44. The quantitative estimate of drug-likeness (QED) is 0.848. The van der Waals surface area contributed by atoms with Crippen LogP contribution < -0.4 is 10.1 Å². The molecule has 0 unspecified atom stereocenters. The normalized spacial score (nSPS) is 18.4. The number of methoxy groups -OCH3 is 1. The minimum absolute atomic E-state index is 0.150. The summed E-state index contributed by atoms with van der Waals surface area (Å²) in [4.78, 5) is 2.21. The van der Waals surface area contributed by atoms with E-state index in [1.165, 1.54) is 0 Å². The van der Waals surface area contributed by atoms with Crippen molar-refractivity contribution in [3.05, 3.63) is 29.8 Å². The molecular weight excluding hydrogens is 214 g/mol. The van der Waals surface area contributed by atoms with Crippen LogP contribution in [0.15, 0.2) is 24.3 Å². The summed E-state index contributed by atoms with van der Waals surface area (Å²) in [5.41, 5.74) is 1.04. The lowest BCUT2D eigenvalue weighted by molar-refractivity contribution is 0.207. The van der Waals surface area contributed by atoms with Crippen LogP contribution in [0.25, 0.3) is 0 Å². The first-order valence-electron chi connectivity index (χ1n) is 5.83. The maximum Gasteiger partial charge on any atom is 0.123 e. The number of hydrogen-bond acceptors (Lipinski definition) is 4. The van der Waals surface area contributed by atoms with Crippen LogP contribution in [0.5, 0.6) is 5.75 Å². The number of benzene rings is 1. The maximum absolute atomic E-state index is 9.31. The van der Waals surface area contributed by atoms with Gasteiger partial charge in [-0.2, -0.15) is 5.26 Å². The molecule has 1 aromatic carbocycles. The van der Waals surface area contributed by atoms with Crippen molar-refractivity contribution in [3.8, 4) is 11.8 Å². The highest BCUT2D eigenvalue weighted by molar-refractivity contribution is 5.31. The zero-order chi connectivity index (χ0) is 12.1. The zero-order valence-corrected chi connectivity index (χ0v) is 10.0. The molecule has 1 heterocycles. The van der Waals surface area contributed by atoms with Crippen LogP contribution in [0, 0.1) is 11.3 Å². The Morgan fingerprint density at radius 2 is 1.94 bits per heavy atom. The Balaban J connectivity index is 2.13. The van der Waals surface area contributed by atoms with Crippen LogP contribution >= 0.6 is 0 Å². The largest absolute Gasteiger partial charge is 0.497 e. The Morgan fingerprint density at radius 1 is 1.29 bits per heavy atom. The van der Waals surface area contributed by atoms with Crippen molar-refractivity contribution in [2.24, 2.45) is 0 Å². The summed E-state index contributed by atoms with van der Waals surface area (Å²) in [6.45, 7) is 3.75. The SMILES string of the molecule is COc1ccc([C@H](C#N)N2CCNCC2)cc1. The minimum Gasteiger partial charge on any atom is -0.497 e. The Bertz CT molecular complexity index is 390. The lowest BCUT2D eigenvalue weighted by Gasteiger charge is -2.31. The summed E-state index contributed by atoms with van der Waals surface area (Å²) in [7, 11) is 1.65. The number of nitrogens with zero attached hydrogens (tertiary/aromatic N) is 2. The van der Waals surface area contributed by atoms with Crippen molar-refractivity contribution in [1.82, 2.24) is 10.2 Å². The molecule has 0 aromatic heterocycles. The summed E-state index contributed by atoms with van der Waals surface area (Å²) in [6.07, 6.45) is 0. The van der Waals surface area contributed by atoms with Gasteiger partial charge in [-0.25, -0.2) is 0 Å². The van der Waals surface area contributed by atoms with E-state index >= 15 is 0 Å². The standard InChI is InChI=1S/C13H17N3O/c1-17-12-4-2-11(3-5-12)13(10-14)16-8-6-15-7-9-16/h2-5,13,15H,6-9H2,1H3/t13-/m0/s1. The molecule has 0 aliphatic carbocycles. The van der Waals surface area contributed by atoms with Crippen molar-refractivity contribution in [2.45, 2.75) is 6.04 Å². The number of hydrogen-bond donors (Lipinski definition) is 1. The number of nitriles is 1. The molecule has 4 heteroatoms. The molecule has 1 N–H and O–H groups in total. The Labute approximate surface area is 102 Å². The Morgan fingerprint density at radius 3 is 2.47 bits per heavy atom. The minimum atomic E-state index is -0.150. The second-order valence-corrected chi connectivity index (χ2v) is 4.09. The number of piperazine rings is 1. The van der Waals surface area contributed by atoms with Crippen molar-refractivity contribution in [1.29, 1.82) is 5.26 Å². The molecule has 1 aliphatic rings. The summed E-state index contributed by atoms with van der Waals surface area (Å²) in [5.74, 6) is 0.825. The second-order valence-electron chi connectivity index (χ2n) is 4.09. The molecule has 1 atom stereocenters. The van der Waals surface area contributed by atoms with E-state index in [2.05, 4.69) is 16.3 Å². The molecule has 0 bridgehead atoms. The zero-order valence-electron chi connectivity index (χ0n) is 10.0. The van der Waals surface area contributed by atoms with Gasteiger partial charge in [0.05, 0.1) is 13.2 Å². The van der Waals surface area contributed by atoms with Crippen molar-refractivity contribution in [2.75, 3.05) is 33.3 Å². The third-order valence-electron chi connectivity index (χ3n) is 3.07. The van der Waals surface area contributed by atoms with Gasteiger partial charge < -0.3 is 10.1 Å². The van der Waals surface area contributed by atoms with E-state index in [-0.39, 0.29) is 6.04 Å². The van der Waals surface area contributed by atoms with Crippen molar-refractivity contribution in [3.63, 3.8) is 0 Å². The van der Waals surface area contributed by atoms with E-state index in [0.29, 0.717) is 0 Å². The van der Waals surface area contributed by atoms with E-state index < -0.39 is 0 Å². The molecule has 1 aliphatic heterocycles. The third-order valence-corrected chi connectivity index (χ3v) is 3.07. The van der Waals surface area contributed by atoms with Crippen LogP contribution in [-0.2, 0) is 0 Å². The summed E-state index contributed by atoms with van der Waals surface area (Å²) in [5, 5.41) is 12.6.